The third kappa shape index (κ3) is 6.83. The zero-order valence-corrected chi connectivity index (χ0v) is 22.0. The quantitative estimate of drug-likeness (QED) is 0.381. The van der Waals surface area contributed by atoms with E-state index in [1.54, 1.807) is 29.4 Å². The first kappa shape index (κ1) is 26.4. The molecule has 0 saturated carbocycles. The molecule has 3 aromatic rings. The average molecular weight is 536 g/mol. The minimum atomic E-state index is -0.396. The molecule has 39 heavy (non-hydrogen) atoms. The Hall–Kier alpha value is -4.18. The van der Waals surface area contributed by atoms with Gasteiger partial charge in [-0.2, -0.15) is 0 Å². The first-order chi connectivity index (χ1) is 19.1. The largest absolute Gasteiger partial charge is 0.492 e. The van der Waals surface area contributed by atoms with E-state index in [4.69, 9.17) is 23.4 Å². The number of urea groups is 1. The van der Waals surface area contributed by atoms with Crippen LogP contribution in [0.25, 0.3) is 0 Å². The highest BCUT2D eigenvalue weighted by Gasteiger charge is 2.28. The SMILES string of the molecule is CCOc1ccccc1NC(=O)N(CC(=O)N(Cc1ccc2c(c1)OCO2)Cc1ccco1)CC1CCCO1. The molecule has 2 aliphatic rings. The summed E-state index contributed by atoms with van der Waals surface area (Å²) in [6, 6.07) is 16.0. The van der Waals surface area contributed by atoms with Gasteiger partial charge in [0.15, 0.2) is 11.5 Å². The normalized spacial score (nSPS) is 15.7. The highest BCUT2D eigenvalue weighted by Crippen LogP contribution is 2.33. The Bertz CT molecular complexity index is 1260. The maximum Gasteiger partial charge on any atom is 0.322 e. The van der Waals surface area contributed by atoms with Crippen molar-refractivity contribution in [3.05, 3.63) is 72.2 Å². The minimum absolute atomic E-state index is 0.127. The summed E-state index contributed by atoms with van der Waals surface area (Å²) in [5, 5.41) is 2.92. The van der Waals surface area contributed by atoms with Crippen LogP contribution in [0.5, 0.6) is 17.2 Å². The van der Waals surface area contributed by atoms with Gasteiger partial charge in [0.05, 0.1) is 31.2 Å². The number of hydrogen-bond donors (Lipinski definition) is 1. The van der Waals surface area contributed by atoms with Crippen molar-refractivity contribution in [3.8, 4) is 17.2 Å². The van der Waals surface area contributed by atoms with Gasteiger partial charge in [-0.3, -0.25) is 4.79 Å². The molecule has 1 atom stereocenters. The molecular formula is C29H33N3O7. The predicted molar refractivity (Wildman–Crippen MR) is 143 cm³/mol. The van der Waals surface area contributed by atoms with Crippen LogP contribution in [0.15, 0.2) is 65.3 Å². The molecule has 5 rings (SSSR count). The summed E-state index contributed by atoms with van der Waals surface area (Å²) in [4.78, 5) is 30.4. The molecule has 1 N–H and O–H groups in total. The molecule has 1 fully saturated rings. The molecule has 2 aromatic carbocycles. The number of amides is 3. The lowest BCUT2D eigenvalue weighted by atomic mass is 10.1. The van der Waals surface area contributed by atoms with E-state index < -0.39 is 6.03 Å². The summed E-state index contributed by atoms with van der Waals surface area (Å²) in [6.07, 6.45) is 3.21. The molecule has 3 heterocycles. The van der Waals surface area contributed by atoms with Gasteiger partial charge in [0, 0.05) is 19.7 Å². The molecule has 3 amide bonds. The Morgan fingerprint density at radius 3 is 2.69 bits per heavy atom. The monoisotopic (exact) mass is 535 g/mol. The number of hydrogen-bond acceptors (Lipinski definition) is 7. The number of fused-ring (bicyclic) bond motifs is 1. The molecule has 0 spiro atoms. The topological polar surface area (TPSA) is 103 Å². The van der Waals surface area contributed by atoms with Crippen molar-refractivity contribution in [1.29, 1.82) is 0 Å². The van der Waals surface area contributed by atoms with Crippen molar-refractivity contribution >= 4 is 17.6 Å². The maximum atomic E-state index is 13.8. The fourth-order valence-electron chi connectivity index (χ4n) is 4.64. The van der Waals surface area contributed by atoms with Crippen LogP contribution in [-0.4, -0.2) is 60.9 Å². The lowest BCUT2D eigenvalue weighted by Gasteiger charge is -2.29. The zero-order valence-electron chi connectivity index (χ0n) is 22.0. The molecular weight excluding hydrogens is 502 g/mol. The van der Waals surface area contributed by atoms with Gasteiger partial charge in [-0.25, -0.2) is 4.79 Å². The second kappa shape index (κ2) is 12.6. The number of para-hydroxylation sites is 2. The van der Waals surface area contributed by atoms with Crippen LogP contribution in [0, 0.1) is 0 Å². The van der Waals surface area contributed by atoms with E-state index in [9.17, 15) is 9.59 Å². The van der Waals surface area contributed by atoms with Gasteiger partial charge in [-0.15, -0.1) is 0 Å². The molecule has 206 valence electrons. The smallest absolute Gasteiger partial charge is 0.322 e. The molecule has 1 saturated heterocycles. The van der Waals surface area contributed by atoms with Crippen LogP contribution in [0.3, 0.4) is 0 Å². The molecule has 10 heteroatoms. The Balaban J connectivity index is 1.34. The van der Waals surface area contributed by atoms with Crippen LogP contribution in [0.2, 0.25) is 0 Å². The van der Waals surface area contributed by atoms with E-state index in [0.717, 1.165) is 18.4 Å². The maximum absolute atomic E-state index is 13.8. The van der Waals surface area contributed by atoms with Gasteiger partial charge in [-0.1, -0.05) is 18.2 Å². The van der Waals surface area contributed by atoms with E-state index in [1.165, 1.54) is 4.90 Å². The van der Waals surface area contributed by atoms with Crippen molar-refractivity contribution in [3.63, 3.8) is 0 Å². The Morgan fingerprint density at radius 2 is 1.90 bits per heavy atom. The molecule has 1 unspecified atom stereocenters. The van der Waals surface area contributed by atoms with Crippen molar-refractivity contribution in [2.24, 2.45) is 0 Å². The van der Waals surface area contributed by atoms with Gasteiger partial charge >= 0.3 is 6.03 Å². The van der Waals surface area contributed by atoms with Gasteiger partial charge in [0.25, 0.3) is 0 Å². The lowest BCUT2D eigenvalue weighted by Crippen LogP contribution is -2.46. The number of furan rings is 1. The molecule has 0 radical (unpaired) electrons. The van der Waals surface area contributed by atoms with E-state index >= 15 is 0 Å². The average Bonchev–Trinajstić information content (AvgIpc) is 3.72. The van der Waals surface area contributed by atoms with Crippen molar-refractivity contribution in [2.75, 3.05) is 38.4 Å². The molecule has 2 aliphatic heterocycles. The number of nitrogens with zero attached hydrogens (tertiary/aromatic N) is 2. The second-order valence-corrected chi connectivity index (χ2v) is 9.39. The van der Waals surface area contributed by atoms with Crippen LogP contribution in [-0.2, 0) is 22.6 Å². The van der Waals surface area contributed by atoms with Crippen LogP contribution < -0.4 is 19.5 Å². The van der Waals surface area contributed by atoms with Crippen molar-refractivity contribution in [1.82, 2.24) is 9.80 Å². The molecule has 1 aromatic heterocycles. The van der Waals surface area contributed by atoms with E-state index in [-0.39, 0.29) is 31.9 Å². The zero-order chi connectivity index (χ0) is 27.0. The summed E-state index contributed by atoms with van der Waals surface area (Å²) >= 11 is 0. The third-order valence-corrected chi connectivity index (χ3v) is 6.58. The fraction of sp³-hybridized carbons (Fsp3) is 0.379. The Morgan fingerprint density at radius 1 is 1.03 bits per heavy atom. The van der Waals surface area contributed by atoms with Gasteiger partial charge in [0.2, 0.25) is 12.7 Å². The van der Waals surface area contributed by atoms with E-state index in [1.807, 2.05) is 43.3 Å². The summed E-state index contributed by atoms with van der Waals surface area (Å²) in [5.74, 6) is 2.30. The van der Waals surface area contributed by atoms with Crippen LogP contribution in [0.4, 0.5) is 10.5 Å². The van der Waals surface area contributed by atoms with Gasteiger partial charge in [-0.05, 0) is 61.7 Å². The van der Waals surface area contributed by atoms with Crippen molar-refractivity contribution in [2.45, 2.75) is 39.0 Å². The van der Waals surface area contributed by atoms with Crippen LogP contribution >= 0.6 is 0 Å². The highest BCUT2D eigenvalue weighted by molar-refractivity contribution is 5.93. The predicted octanol–water partition coefficient (Wildman–Crippen LogP) is 4.65. The number of carbonyl (C=O) groups is 2. The number of ether oxygens (including phenoxy) is 4. The third-order valence-electron chi connectivity index (χ3n) is 6.58. The van der Waals surface area contributed by atoms with Gasteiger partial charge < -0.3 is 38.5 Å². The first-order valence-corrected chi connectivity index (χ1v) is 13.2. The number of rotatable bonds is 11. The Labute approximate surface area is 227 Å². The molecule has 10 nitrogen and oxygen atoms in total. The van der Waals surface area contributed by atoms with E-state index in [2.05, 4.69) is 5.32 Å². The van der Waals surface area contributed by atoms with Crippen molar-refractivity contribution < 1.29 is 33.0 Å². The number of anilines is 1. The Kier molecular flexibility index (Phi) is 8.52. The second-order valence-electron chi connectivity index (χ2n) is 9.39. The van der Waals surface area contributed by atoms with E-state index in [0.29, 0.717) is 55.0 Å². The molecule has 0 bridgehead atoms. The fourth-order valence-corrected chi connectivity index (χ4v) is 4.64. The minimum Gasteiger partial charge on any atom is -0.492 e. The number of carbonyl (C=O) groups excluding carboxylic acids is 2. The summed E-state index contributed by atoms with van der Waals surface area (Å²) < 4.78 is 27.9. The summed E-state index contributed by atoms with van der Waals surface area (Å²) in [6.45, 7) is 3.90. The standard InChI is InChI=1S/C29H33N3O7/c1-2-35-25-10-4-3-9-24(25)30-29(34)32(18-23-8-6-14-37-23)19-28(33)31(17-22-7-5-13-36-22)16-21-11-12-26-27(15-21)39-20-38-26/h3-5,7,9-13,15,23H,2,6,8,14,16-20H2,1H3,(H,30,34). The lowest BCUT2D eigenvalue weighted by molar-refractivity contribution is -0.133. The number of nitrogens with one attached hydrogen (secondary N) is 1. The first-order valence-electron chi connectivity index (χ1n) is 13.2. The highest BCUT2D eigenvalue weighted by atomic mass is 16.7. The number of benzene rings is 2. The van der Waals surface area contributed by atoms with Gasteiger partial charge in [0.1, 0.15) is 18.1 Å². The summed E-state index contributed by atoms with van der Waals surface area (Å²) in [7, 11) is 0. The molecule has 0 aliphatic carbocycles. The summed E-state index contributed by atoms with van der Waals surface area (Å²) in [5.41, 5.74) is 1.42. The van der Waals surface area contributed by atoms with Crippen LogP contribution in [0.1, 0.15) is 31.1 Å².